The number of thiazole rings is 1. The lowest BCUT2D eigenvalue weighted by molar-refractivity contribution is 0.102. The summed E-state index contributed by atoms with van der Waals surface area (Å²) in [4.78, 5) is 30.2. The predicted molar refractivity (Wildman–Crippen MR) is 104 cm³/mol. The average Bonchev–Trinajstić information content (AvgIpc) is 3.11. The van der Waals surface area contributed by atoms with E-state index in [2.05, 4.69) is 10.3 Å². The molecule has 2 aromatic carbocycles. The third-order valence-corrected chi connectivity index (χ3v) is 5.03. The van der Waals surface area contributed by atoms with Crippen molar-refractivity contribution in [1.82, 2.24) is 9.38 Å². The fourth-order valence-electron chi connectivity index (χ4n) is 2.73. The molecule has 0 bridgehead atoms. The van der Waals surface area contributed by atoms with Crippen LogP contribution in [0, 0.1) is 12.7 Å². The van der Waals surface area contributed by atoms with Crippen LogP contribution >= 0.6 is 11.3 Å². The highest BCUT2D eigenvalue weighted by atomic mass is 32.1. The van der Waals surface area contributed by atoms with Crippen molar-refractivity contribution in [3.05, 3.63) is 87.4 Å². The van der Waals surface area contributed by atoms with Crippen LogP contribution < -0.4 is 10.9 Å². The highest BCUT2D eigenvalue weighted by molar-refractivity contribution is 7.15. The standard InChI is InChI=1S/C20H14FN3O2S/c1-12-7-8-14(9-16(12)21)23-18(25)15-10-22-20-24(19(15)26)17(11-27-20)13-5-3-2-4-6-13/h2-11H,1H3,(H,23,25). The van der Waals surface area contributed by atoms with Gasteiger partial charge in [0.15, 0.2) is 4.96 Å². The van der Waals surface area contributed by atoms with Crippen molar-refractivity contribution in [3.63, 3.8) is 0 Å². The maximum Gasteiger partial charge on any atom is 0.271 e. The second kappa shape index (κ2) is 6.77. The van der Waals surface area contributed by atoms with Crippen LogP contribution in [-0.2, 0) is 0 Å². The summed E-state index contributed by atoms with van der Waals surface area (Å²) in [6.07, 6.45) is 1.25. The van der Waals surface area contributed by atoms with Gasteiger partial charge >= 0.3 is 0 Å². The van der Waals surface area contributed by atoms with Crippen molar-refractivity contribution >= 4 is 27.9 Å². The van der Waals surface area contributed by atoms with E-state index < -0.39 is 17.3 Å². The second-order valence-electron chi connectivity index (χ2n) is 6.00. The first-order chi connectivity index (χ1) is 13.0. The molecule has 5 nitrogen and oxygen atoms in total. The van der Waals surface area contributed by atoms with Crippen molar-refractivity contribution in [2.24, 2.45) is 0 Å². The summed E-state index contributed by atoms with van der Waals surface area (Å²) in [6, 6.07) is 13.8. The molecule has 0 unspecified atom stereocenters. The maximum atomic E-state index is 13.7. The number of carbonyl (C=O) groups excluding carboxylic acids is 1. The number of aromatic nitrogens is 2. The fourth-order valence-corrected chi connectivity index (χ4v) is 3.59. The lowest BCUT2D eigenvalue weighted by atomic mass is 10.2. The zero-order valence-corrected chi connectivity index (χ0v) is 15.1. The summed E-state index contributed by atoms with van der Waals surface area (Å²) in [6.45, 7) is 1.63. The summed E-state index contributed by atoms with van der Waals surface area (Å²) in [7, 11) is 0. The maximum absolute atomic E-state index is 13.7. The molecule has 4 aromatic rings. The van der Waals surface area contributed by atoms with Crippen LogP contribution in [0.1, 0.15) is 15.9 Å². The number of benzene rings is 2. The predicted octanol–water partition coefficient (Wildman–Crippen LogP) is 4.12. The van der Waals surface area contributed by atoms with Crippen molar-refractivity contribution in [3.8, 4) is 11.3 Å². The average molecular weight is 379 g/mol. The molecule has 0 atom stereocenters. The van der Waals surface area contributed by atoms with Gasteiger partial charge in [-0.3, -0.25) is 14.0 Å². The van der Waals surface area contributed by atoms with Crippen LogP contribution in [0.15, 0.2) is 64.9 Å². The molecule has 0 fully saturated rings. The minimum Gasteiger partial charge on any atom is -0.322 e. The number of anilines is 1. The van der Waals surface area contributed by atoms with E-state index in [1.807, 2.05) is 35.7 Å². The van der Waals surface area contributed by atoms with Crippen molar-refractivity contribution < 1.29 is 9.18 Å². The first-order valence-corrected chi connectivity index (χ1v) is 9.05. The van der Waals surface area contributed by atoms with Gasteiger partial charge in [-0.2, -0.15) is 0 Å². The number of halogens is 1. The molecular formula is C20H14FN3O2S. The normalized spacial score (nSPS) is 10.9. The third kappa shape index (κ3) is 3.13. The van der Waals surface area contributed by atoms with Gasteiger partial charge in [-0.25, -0.2) is 9.37 Å². The molecular weight excluding hydrogens is 365 g/mol. The van der Waals surface area contributed by atoms with E-state index in [9.17, 15) is 14.0 Å². The van der Waals surface area contributed by atoms with Crippen LogP contribution in [0.2, 0.25) is 0 Å². The van der Waals surface area contributed by atoms with Gasteiger partial charge in [0, 0.05) is 17.3 Å². The Labute approximate surface area is 157 Å². The molecule has 4 rings (SSSR count). The summed E-state index contributed by atoms with van der Waals surface area (Å²) >= 11 is 1.32. The smallest absolute Gasteiger partial charge is 0.271 e. The quantitative estimate of drug-likeness (QED) is 0.582. The molecule has 0 saturated heterocycles. The molecule has 1 N–H and O–H groups in total. The Bertz CT molecular complexity index is 1220. The number of hydrogen-bond acceptors (Lipinski definition) is 4. The molecule has 0 radical (unpaired) electrons. The van der Waals surface area contributed by atoms with Crippen LogP contribution in [0.3, 0.4) is 0 Å². The second-order valence-corrected chi connectivity index (χ2v) is 6.84. The molecule has 0 aliphatic rings. The van der Waals surface area contributed by atoms with Crippen molar-refractivity contribution in [1.29, 1.82) is 0 Å². The summed E-state index contributed by atoms with van der Waals surface area (Å²) in [5, 5.41) is 4.38. The third-order valence-electron chi connectivity index (χ3n) is 4.19. The van der Waals surface area contributed by atoms with Crippen LogP contribution in [0.25, 0.3) is 16.2 Å². The number of carbonyl (C=O) groups is 1. The van der Waals surface area contributed by atoms with E-state index in [1.54, 1.807) is 19.1 Å². The molecule has 0 aliphatic carbocycles. The van der Waals surface area contributed by atoms with Crippen molar-refractivity contribution in [2.45, 2.75) is 6.92 Å². The van der Waals surface area contributed by atoms with Gasteiger partial charge in [-0.1, -0.05) is 36.4 Å². The summed E-state index contributed by atoms with van der Waals surface area (Å²) in [5.41, 5.74) is 1.70. The number of rotatable bonds is 3. The highest BCUT2D eigenvalue weighted by Gasteiger charge is 2.17. The molecule has 27 heavy (non-hydrogen) atoms. The van der Waals surface area contributed by atoms with E-state index in [0.717, 1.165) is 5.56 Å². The van der Waals surface area contributed by atoms with Crippen LogP contribution in [-0.4, -0.2) is 15.3 Å². The highest BCUT2D eigenvalue weighted by Crippen LogP contribution is 2.23. The Balaban J connectivity index is 1.76. The number of aryl methyl sites for hydroxylation is 1. The summed E-state index contributed by atoms with van der Waals surface area (Å²) < 4.78 is 15.1. The Morgan fingerprint density at radius 2 is 1.96 bits per heavy atom. The number of nitrogens with zero attached hydrogens (tertiary/aromatic N) is 2. The van der Waals surface area contributed by atoms with E-state index in [4.69, 9.17) is 0 Å². The number of hydrogen-bond donors (Lipinski definition) is 1. The van der Waals surface area contributed by atoms with E-state index >= 15 is 0 Å². The molecule has 2 aromatic heterocycles. The molecule has 0 spiro atoms. The first kappa shape index (κ1) is 17.1. The Morgan fingerprint density at radius 3 is 2.70 bits per heavy atom. The first-order valence-electron chi connectivity index (χ1n) is 8.17. The Kier molecular flexibility index (Phi) is 4.29. The molecule has 0 saturated carbocycles. The van der Waals surface area contributed by atoms with E-state index in [0.29, 0.717) is 16.2 Å². The van der Waals surface area contributed by atoms with Gasteiger partial charge in [-0.05, 0) is 30.2 Å². The van der Waals surface area contributed by atoms with E-state index in [1.165, 1.54) is 28.0 Å². The molecule has 0 aliphatic heterocycles. The van der Waals surface area contributed by atoms with Gasteiger partial charge in [0.25, 0.3) is 11.5 Å². The van der Waals surface area contributed by atoms with Gasteiger partial charge < -0.3 is 5.32 Å². The lowest BCUT2D eigenvalue weighted by Crippen LogP contribution is -2.26. The zero-order valence-electron chi connectivity index (χ0n) is 14.3. The topological polar surface area (TPSA) is 63.5 Å². The van der Waals surface area contributed by atoms with Gasteiger partial charge in [0.1, 0.15) is 11.4 Å². The monoisotopic (exact) mass is 379 g/mol. The largest absolute Gasteiger partial charge is 0.322 e. The SMILES string of the molecule is Cc1ccc(NC(=O)c2cnc3scc(-c4ccccc4)n3c2=O)cc1F. The van der Waals surface area contributed by atoms with Crippen LogP contribution in [0.4, 0.5) is 10.1 Å². The Hall–Kier alpha value is -3.32. The van der Waals surface area contributed by atoms with Gasteiger partial charge in [0.2, 0.25) is 0 Å². The molecule has 2 heterocycles. The Morgan fingerprint density at radius 1 is 1.19 bits per heavy atom. The molecule has 134 valence electrons. The minimum absolute atomic E-state index is 0.107. The number of fused-ring (bicyclic) bond motifs is 1. The molecule has 1 amide bonds. The summed E-state index contributed by atoms with van der Waals surface area (Å²) in [5.74, 6) is -1.06. The zero-order chi connectivity index (χ0) is 19.0. The van der Waals surface area contributed by atoms with Crippen molar-refractivity contribution in [2.75, 3.05) is 5.32 Å². The van der Waals surface area contributed by atoms with Gasteiger partial charge in [0.05, 0.1) is 5.69 Å². The van der Waals surface area contributed by atoms with Gasteiger partial charge in [-0.15, -0.1) is 11.3 Å². The lowest BCUT2D eigenvalue weighted by Gasteiger charge is -2.07. The molecule has 7 heteroatoms. The number of amides is 1. The number of nitrogens with one attached hydrogen (secondary N) is 1. The minimum atomic E-state index is -0.629. The van der Waals surface area contributed by atoms with E-state index in [-0.39, 0.29) is 11.3 Å². The van der Waals surface area contributed by atoms with Crippen LogP contribution in [0.5, 0.6) is 0 Å². The fraction of sp³-hybridized carbons (Fsp3) is 0.0500.